The number of methoxy groups -OCH3 is 1. The molecule has 158 valence electrons. The molecule has 0 bridgehead atoms. The molecule has 0 fully saturated rings. The maximum Gasteiger partial charge on any atom is 0.412 e. The minimum atomic E-state index is -0.707. The van der Waals surface area contributed by atoms with Gasteiger partial charge in [-0.15, -0.1) is 0 Å². The second kappa shape index (κ2) is 8.87. The molecule has 0 aromatic heterocycles. The lowest BCUT2D eigenvalue weighted by molar-refractivity contribution is 0.0635. The molecule has 0 unspecified atom stereocenters. The van der Waals surface area contributed by atoms with E-state index in [-0.39, 0.29) is 5.91 Å². The largest absolute Gasteiger partial charge is 0.495 e. The van der Waals surface area contributed by atoms with E-state index in [1.54, 1.807) is 71.0 Å². The van der Waals surface area contributed by atoms with Crippen LogP contribution in [0.3, 0.4) is 0 Å². The first-order chi connectivity index (χ1) is 13.9. The highest BCUT2D eigenvalue weighted by Crippen LogP contribution is 2.29. The number of nitrogens with one attached hydrogen (secondary N) is 2. The highest BCUT2D eigenvalue weighted by atomic mass is 16.6. The number of nitrogens with zero attached hydrogens (tertiary/aromatic N) is 1. The van der Waals surface area contributed by atoms with Crippen molar-refractivity contribution in [1.82, 2.24) is 0 Å². The fraction of sp³-hybridized carbons (Fsp3) is 0.348. The minimum Gasteiger partial charge on any atom is -0.495 e. The van der Waals surface area contributed by atoms with E-state index >= 15 is 0 Å². The molecule has 0 aliphatic rings. The fourth-order valence-electron chi connectivity index (χ4n) is 2.61. The van der Waals surface area contributed by atoms with Crippen LogP contribution in [0.5, 0.6) is 5.75 Å². The molecule has 0 heterocycles. The standard InChI is InChI=1S/C23H27N3O4/c1-22(2,3)30-21(28)26-18-13-17(10-11-19(18)29-6)25-20(27)15-8-7-9-16(12-15)23(4,5)14-24/h7-13H,1-6H3,(H,25,27)(H,26,28). The first-order valence-corrected chi connectivity index (χ1v) is 9.46. The van der Waals surface area contributed by atoms with Crippen molar-refractivity contribution in [2.45, 2.75) is 45.6 Å². The van der Waals surface area contributed by atoms with E-state index < -0.39 is 17.1 Å². The third kappa shape index (κ3) is 5.98. The van der Waals surface area contributed by atoms with Crippen LogP contribution in [0.25, 0.3) is 0 Å². The number of carbonyl (C=O) groups is 2. The quantitative estimate of drug-likeness (QED) is 0.716. The van der Waals surface area contributed by atoms with Crippen molar-refractivity contribution < 1.29 is 19.1 Å². The summed E-state index contributed by atoms with van der Waals surface area (Å²) in [6, 6.07) is 14.1. The third-order valence-corrected chi connectivity index (χ3v) is 4.22. The maximum atomic E-state index is 12.7. The molecule has 0 aliphatic carbocycles. The molecule has 2 amide bonds. The molecule has 0 radical (unpaired) electrons. The summed E-state index contributed by atoms with van der Waals surface area (Å²) >= 11 is 0. The molecule has 0 saturated carbocycles. The Balaban J connectivity index is 2.23. The van der Waals surface area contributed by atoms with Crippen LogP contribution in [-0.2, 0) is 10.2 Å². The molecule has 7 nitrogen and oxygen atoms in total. The lowest BCUT2D eigenvalue weighted by atomic mass is 9.85. The molecule has 2 aromatic carbocycles. The van der Waals surface area contributed by atoms with Gasteiger partial charge < -0.3 is 14.8 Å². The van der Waals surface area contributed by atoms with E-state index in [0.717, 1.165) is 5.56 Å². The van der Waals surface area contributed by atoms with E-state index in [0.29, 0.717) is 22.7 Å². The van der Waals surface area contributed by atoms with E-state index in [9.17, 15) is 14.9 Å². The Kier molecular flexibility index (Phi) is 6.73. The normalized spacial score (nSPS) is 11.2. The summed E-state index contributed by atoms with van der Waals surface area (Å²) in [7, 11) is 1.48. The van der Waals surface area contributed by atoms with Crippen molar-refractivity contribution in [1.29, 1.82) is 5.26 Å². The van der Waals surface area contributed by atoms with Gasteiger partial charge in [-0.05, 0) is 70.5 Å². The zero-order chi connectivity index (χ0) is 22.5. The number of ether oxygens (including phenoxy) is 2. The molecule has 7 heteroatoms. The van der Waals surface area contributed by atoms with Crippen LogP contribution in [0.4, 0.5) is 16.2 Å². The van der Waals surface area contributed by atoms with Gasteiger partial charge in [0.15, 0.2) is 0 Å². The second-order valence-electron chi connectivity index (χ2n) is 8.31. The molecule has 2 N–H and O–H groups in total. The fourth-order valence-corrected chi connectivity index (χ4v) is 2.61. The van der Waals surface area contributed by atoms with Gasteiger partial charge in [0.25, 0.3) is 5.91 Å². The molecule has 0 atom stereocenters. The topological polar surface area (TPSA) is 100 Å². The number of nitriles is 1. The molecular formula is C23H27N3O4. The van der Waals surface area contributed by atoms with Crippen LogP contribution in [-0.4, -0.2) is 24.7 Å². The molecule has 30 heavy (non-hydrogen) atoms. The van der Waals surface area contributed by atoms with Crippen LogP contribution in [0, 0.1) is 11.3 Å². The number of hydrogen-bond donors (Lipinski definition) is 2. The van der Waals surface area contributed by atoms with Gasteiger partial charge in [-0.25, -0.2) is 4.79 Å². The van der Waals surface area contributed by atoms with Crippen molar-refractivity contribution >= 4 is 23.4 Å². The first-order valence-electron chi connectivity index (χ1n) is 9.46. The molecule has 0 spiro atoms. The maximum absolute atomic E-state index is 12.7. The van der Waals surface area contributed by atoms with Gasteiger partial charge in [0.05, 0.1) is 24.3 Å². The summed E-state index contributed by atoms with van der Waals surface area (Å²) in [5.41, 5.74) is 0.653. The van der Waals surface area contributed by atoms with E-state index in [4.69, 9.17) is 9.47 Å². The Labute approximate surface area is 177 Å². The summed E-state index contributed by atoms with van der Waals surface area (Å²) in [6.45, 7) is 8.89. The highest BCUT2D eigenvalue weighted by molar-refractivity contribution is 6.05. The van der Waals surface area contributed by atoms with Crippen LogP contribution < -0.4 is 15.4 Å². The van der Waals surface area contributed by atoms with Gasteiger partial charge in [0, 0.05) is 11.3 Å². The Morgan fingerprint density at radius 1 is 1.00 bits per heavy atom. The van der Waals surface area contributed by atoms with Gasteiger partial charge in [-0.3, -0.25) is 10.1 Å². The molecule has 2 aromatic rings. The van der Waals surface area contributed by atoms with Gasteiger partial charge >= 0.3 is 6.09 Å². The summed E-state index contributed by atoms with van der Waals surface area (Å²) in [4.78, 5) is 24.8. The predicted octanol–water partition coefficient (Wildman–Crippen LogP) is 5.10. The number of amides is 2. The van der Waals surface area contributed by atoms with Crippen molar-refractivity contribution in [3.8, 4) is 11.8 Å². The average molecular weight is 409 g/mol. The smallest absolute Gasteiger partial charge is 0.412 e. The van der Waals surface area contributed by atoms with Crippen LogP contribution >= 0.6 is 0 Å². The predicted molar refractivity (Wildman–Crippen MR) is 116 cm³/mol. The minimum absolute atomic E-state index is 0.334. The number of rotatable bonds is 5. The number of carbonyl (C=O) groups excluding carboxylic acids is 2. The monoisotopic (exact) mass is 409 g/mol. The van der Waals surface area contributed by atoms with Crippen molar-refractivity contribution in [2.24, 2.45) is 0 Å². The molecule has 2 rings (SSSR count). The third-order valence-electron chi connectivity index (χ3n) is 4.22. The van der Waals surface area contributed by atoms with Gasteiger partial charge in [0.2, 0.25) is 0 Å². The van der Waals surface area contributed by atoms with Crippen molar-refractivity contribution in [3.05, 3.63) is 53.6 Å². The summed E-state index contributed by atoms with van der Waals surface area (Å²) in [6.07, 6.45) is -0.629. The number of anilines is 2. The van der Waals surface area contributed by atoms with Gasteiger partial charge in [-0.1, -0.05) is 12.1 Å². The lowest BCUT2D eigenvalue weighted by Gasteiger charge is -2.20. The van der Waals surface area contributed by atoms with Crippen LogP contribution in [0.15, 0.2) is 42.5 Å². The van der Waals surface area contributed by atoms with Crippen molar-refractivity contribution in [2.75, 3.05) is 17.7 Å². The van der Waals surface area contributed by atoms with Gasteiger partial charge in [-0.2, -0.15) is 5.26 Å². The SMILES string of the molecule is COc1ccc(NC(=O)c2cccc(C(C)(C)C#N)c2)cc1NC(=O)OC(C)(C)C. The zero-order valence-electron chi connectivity index (χ0n) is 18.1. The summed E-state index contributed by atoms with van der Waals surface area (Å²) in [5.74, 6) is 0.0931. The Bertz CT molecular complexity index is 985. The molecule has 0 saturated heterocycles. The number of benzene rings is 2. The van der Waals surface area contributed by atoms with E-state index in [2.05, 4.69) is 16.7 Å². The summed E-state index contributed by atoms with van der Waals surface area (Å²) in [5, 5.41) is 14.8. The number of hydrogen-bond acceptors (Lipinski definition) is 5. The van der Waals surface area contributed by atoms with Crippen LogP contribution in [0.2, 0.25) is 0 Å². The zero-order valence-corrected chi connectivity index (χ0v) is 18.1. The Hall–Kier alpha value is -3.53. The van der Waals surface area contributed by atoms with E-state index in [1.807, 2.05) is 6.07 Å². The molecule has 0 aliphatic heterocycles. The van der Waals surface area contributed by atoms with E-state index in [1.165, 1.54) is 7.11 Å². The van der Waals surface area contributed by atoms with Gasteiger partial charge in [0.1, 0.15) is 11.4 Å². The first kappa shape index (κ1) is 22.8. The Morgan fingerprint density at radius 3 is 2.30 bits per heavy atom. The molecular weight excluding hydrogens is 382 g/mol. The van der Waals surface area contributed by atoms with Crippen molar-refractivity contribution in [3.63, 3.8) is 0 Å². The Morgan fingerprint density at radius 2 is 1.70 bits per heavy atom. The van der Waals surface area contributed by atoms with Crippen LogP contribution in [0.1, 0.15) is 50.5 Å². The average Bonchev–Trinajstić information content (AvgIpc) is 2.66. The highest BCUT2D eigenvalue weighted by Gasteiger charge is 2.21. The summed E-state index contributed by atoms with van der Waals surface area (Å²) < 4.78 is 10.5. The lowest BCUT2D eigenvalue weighted by Crippen LogP contribution is -2.27. The second-order valence-corrected chi connectivity index (χ2v) is 8.31.